The molecule has 2 saturated heterocycles. The molecule has 0 saturated carbocycles. The van der Waals surface area contributed by atoms with Crippen LogP contribution in [0.25, 0.3) is 0 Å². The van der Waals surface area contributed by atoms with Crippen LogP contribution in [0, 0.1) is 0 Å². The molecule has 1 unspecified atom stereocenters. The van der Waals surface area contributed by atoms with Gasteiger partial charge in [-0.2, -0.15) is 0 Å². The summed E-state index contributed by atoms with van der Waals surface area (Å²) in [5.41, 5.74) is 1.25. The molecule has 6 heteroatoms. The van der Waals surface area contributed by atoms with Gasteiger partial charge in [-0.3, -0.25) is 9.89 Å². The fourth-order valence-electron chi connectivity index (χ4n) is 4.20. The van der Waals surface area contributed by atoms with Crippen molar-refractivity contribution in [3.8, 4) is 0 Å². The van der Waals surface area contributed by atoms with Crippen LogP contribution in [0.1, 0.15) is 44.2 Å². The topological polar surface area (TPSA) is 58.1 Å². The highest BCUT2D eigenvalue weighted by Crippen LogP contribution is 2.25. The van der Waals surface area contributed by atoms with Gasteiger partial charge in [0.2, 0.25) is 0 Å². The van der Waals surface area contributed by atoms with Gasteiger partial charge >= 0.3 is 0 Å². The molecule has 0 aromatic heterocycles. The Kier molecular flexibility index (Phi) is 7.71. The van der Waals surface area contributed by atoms with Crippen molar-refractivity contribution >= 4 is 5.96 Å². The lowest BCUT2D eigenvalue weighted by Crippen LogP contribution is -2.53. The summed E-state index contributed by atoms with van der Waals surface area (Å²) in [6.45, 7) is 6.80. The van der Waals surface area contributed by atoms with Crippen LogP contribution in [0.15, 0.2) is 35.3 Å². The van der Waals surface area contributed by atoms with Gasteiger partial charge in [0.1, 0.15) is 0 Å². The molecule has 0 aliphatic carbocycles. The van der Waals surface area contributed by atoms with Crippen LogP contribution < -0.4 is 10.6 Å². The SMILES string of the molecule is CN=C(NCC1(OC)CCOCC1)NC1CCN(C(C)c2ccccc2)CC1. The van der Waals surface area contributed by atoms with Gasteiger partial charge < -0.3 is 20.1 Å². The minimum Gasteiger partial charge on any atom is -0.381 e. The van der Waals surface area contributed by atoms with Gasteiger partial charge in [0.15, 0.2) is 5.96 Å². The average molecular weight is 389 g/mol. The zero-order chi connectivity index (χ0) is 19.8. The second kappa shape index (κ2) is 10.2. The molecule has 0 spiro atoms. The lowest BCUT2D eigenvalue weighted by Gasteiger charge is -2.38. The molecule has 3 rings (SSSR count). The molecule has 0 radical (unpaired) electrons. The molecule has 2 aliphatic heterocycles. The van der Waals surface area contributed by atoms with E-state index in [2.05, 4.69) is 57.8 Å². The minimum atomic E-state index is -0.148. The molecule has 2 heterocycles. The van der Waals surface area contributed by atoms with E-state index in [0.29, 0.717) is 12.1 Å². The number of hydrogen-bond donors (Lipinski definition) is 2. The maximum Gasteiger partial charge on any atom is 0.191 e. The van der Waals surface area contributed by atoms with Crippen molar-refractivity contribution in [2.45, 2.75) is 50.3 Å². The molecule has 1 atom stereocenters. The highest BCUT2D eigenvalue weighted by Gasteiger charge is 2.33. The number of aliphatic imine (C=N–C) groups is 1. The number of ether oxygens (including phenoxy) is 2. The molecule has 1 aromatic rings. The summed E-state index contributed by atoms with van der Waals surface area (Å²) in [5, 5.41) is 7.09. The van der Waals surface area contributed by atoms with Gasteiger partial charge in [0.25, 0.3) is 0 Å². The maximum absolute atomic E-state index is 5.81. The van der Waals surface area contributed by atoms with Crippen LogP contribution >= 0.6 is 0 Å². The molecule has 2 N–H and O–H groups in total. The van der Waals surface area contributed by atoms with Gasteiger partial charge in [-0.05, 0) is 25.3 Å². The first-order valence-electron chi connectivity index (χ1n) is 10.5. The Morgan fingerprint density at radius 3 is 2.54 bits per heavy atom. The van der Waals surface area contributed by atoms with E-state index >= 15 is 0 Å². The molecular weight excluding hydrogens is 352 g/mol. The summed E-state index contributed by atoms with van der Waals surface area (Å²) in [6, 6.07) is 11.7. The smallest absolute Gasteiger partial charge is 0.191 e. The van der Waals surface area contributed by atoms with Gasteiger partial charge in [-0.15, -0.1) is 0 Å². The average Bonchev–Trinajstić information content (AvgIpc) is 2.78. The lowest BCUT2D eigenvalue weighted by molar-refractivity contribution is -0.0855. The Balaban J connectivity index is 1.45. The van der Waals surface area contributed by atoms with Crippen LogP contribution in [0.4, 0.5) is 0 Å². The molecule has 2 fully saturated rings. The third kappa shape index (κ3) is 5.46. The monoisotopic (exact) mass is 388 g/mol. The van der Waals surface area contributed by atoms with E-state index in [-0.39, 0.29) is 5.60 Å². The largest absolute Gasteiger partial charge is 0.381 e. The summed E-state index contributed by atoms with van der Waals surface area (Å²) >= 11 is 0. The number of rotatable bonds is 6. The van der Waals surface area contributed by atoms with Gasteiger partial charge in [-0.1, -0.05) is 30.3 Å². The number of guanidine groups is 1. The fourth-order valence-corrected chi connectivity index (χ4v) is 4.20. The summed E-state index contributed by atoms with van der Waals surface area (Å²) in [6.07, 6.45) is 4.09. The minimum absolute atomic E-state index is 0.148. The second-order valence-corrected chi connectivity index (χ2v) is 7.97. The Morgan fingerprint density at radius 2 is 1.93 bits per heavy atom. The highest BCUT2D eigenvalue weighted by atomic mass is 16.5. The molecule has 156 valence electrons. The first kappa shape index (κ1) is 21.1. The van der Waals surface area contributed by atoms with Crippen molar-refractivity contribution in [3.63, 3.8) is 0 Å². The van der Waals surface area contributed by atoms with E-state index in [4.69, 9.17) is 9.47 Å². The van der Waals surface area contributed by atoms with Crippen molar-refractivity contribution in [2.24, 2.45) is 4.99 Å². The van der Waals surface area contributed by atoms with Crippen molar-refractivity contribution < 1.29 is 9.47 Å². The van der Waals surface area contributed by atoms with Gasteiger partial charge in [0, 0.05) is 71.9 Å². The summed E-state index contributed by atoms with van der Waals surface area (Å²) < 4.78 is 11.3. The van der Waals surface area contributed by atoms with Crippen molar-refractivity contribution in [1.29, 1.82) is 0 Å². The molecule has 6 nitrogen and oxygen atoms in total. The number of hydrogen-bond acceptors (Lipinski definition) is 4. The summed E-state index contributed by atoms with van der Waals surface area (Å²) in [4.78, 5) is 7.00. The zero-order valence-corrected chi connectivity index (χ0v) is 17.6. The molecule has 28 heavy (non-hydrogen) atoms. The Hall–Kier alpha value is -1.63. The van der Waals surface area contributed by atoms with Crippen LogP contribution in [0.2, 0.25) is 0 Å². The Bertz CT molecular complexity index is 608. The number of methoxy groups -OCH3 is 1. The standard InChI is InChI=1S/C22H36N4O2/c1-18(19-7-5-4-6-8-19)26-13-9-20(10-14-26)25-21(23-2)24-17-22(27-3)11-15-28-16-12-22/h4-8,18,20H,9-17H2,1-3H3,(H2,23,24,25). The normalized spacial score (nSPS) is 22.6. The molecular formula is C22H36N4O2. The number of nitrogens with one attached hydrogen (secondary N) is 2. The highest BCUT2D eigenvalue weighted by molar-refractivity contribution is 5.80. The number of piperidine rings is 1. The summed E-state index contributed by atoms with van der Waals surface area (Å²) in [5.74, 6) is 0.873. The van der Waals surface area contributed by atoms with Crippen LogP contribution in [-0.2, 0) is 9.47 Å². The van der Waals surface area contributed by atoms with E-state index in [1.807, 2.05) is 7.05 Å². The maximum atomic E-state index is 5.81. The molecule has 0 bridgehead atoms. The van der Waals surface area contributed by atoms with Crippen LogP contribution in [0.5, 0.6) is 0 Å². The molecule has 1 aromatic carbocycles. The number of benzene rings is 1. The van der Waals surface area contributed by atoms with E-state index in [0.717, 1.165) is 64.5 Å². The predicted molar refractivity (Wildman–Crippen MR) is 114 cm³/mol. The first-order chi connectivity index (χ1) is 13.7. The van der Waals surface area contributed by atoms with Crippen molar-refractivity contribution in [2.75, 3.05) is 47.0 Å². The predicted octanol–water partition coefficient (Wildman–Crippen LogP) is 2.57. The first-order valence-corrected chi connectivity index (χ1v) is 10.5. The van der Waals surface area contributed by atoms with Gasteiger partial charge in [-0.25, -0.2) is 0 Å². The lowest BCUT2D eigenvalue weighted by atomic mass is 9.94. The van der Waals surface area contributed by atoms with E-state index < -0.39 is 0 Å². The summed E-state index contributed by atoms with van der Waals surface area (Å²) in [7, 11) is 3.64. The second-order valence-electron chi connectivity index (χ2n) is 7.97. The Morgan fingerprint density at radius 1 is 1.25 bits per heavy atom. The Labute approximate surface area is 169 Å². The third-order valence-corrected chi connectivity index (χ3v) is 6.34. The van der Waals surface area contributed by atoms with E-state index in [1.165, 1.54) is 5.56 Å². The van der Waals surface area contributed by atoms with E-state index in [1.54, 1.807) is 7.11 Å². The number of likely N-dealkylation sites (tertiary alicyclic amines) is 1. The van der Waals surface area contributed by atoms with Crippen molar-refractivity contribution in [3.05, 3.63) is 35.9 Å². The molecule has 0 amide bonds. The molecule has 2 aliphatic rings. The fraction of sp³-hybridized carbons (Fsp3) is 0.682. The quantitative estimate of drug-likeness (QED) is 0.579. The van der Waals surface area contributed by atoms with Gasteiger partial charge in [0.05, 0.1) is 5.60 Å². The van der Waals surface area contributed by atoms with E-state index in [9.17, 15) is 0 Å². The zero-order valence-electron chi connectivity index (χ0n) is 17.6. The number of nitrogens with zero attached hydrogens (tertiary/aromatic N) is 2. The van der Waals surface area contributed by atoms with Crippen LogP contribution in [0.3, 0.4) is 0 Å². The third-order valence-electron chi connectivity index (χ3n) is 6.34. The van der Waals surface area contributed by atoms with Crippen LogP contribution in [-0.4, -0.2) is 69.5 Å². The van der Waals surface area contributed by atoms with Crippen molar-refractivity contribution in [1.82, 2.24) is 15.5 Å².